The maximum atomic E-state index is 12.2. The van der Waals surface area contributed by atoms with Crippen LogP contribution in [0.1, 0.15) is 43.8 Å². The Labute approximate surface area is 136 Å². The van der Waals surface area contributed by atoms with Crippen LogP contribution in [0.25, 0.3) is 0 Å². The summed E-state index contributed by atoms with van der Waals surface area (Å²) in [6.07, 6.45) is 1.49. The maximum absolute atomic E-state index is 12.2. The van der Waals surface area contributed by atoms with Crippen molar-refractivity contribution in [2.75, 3.05) is 6.54 Å². The molecule has 0 aliphatic carbocycles. The van der Waals surface area contributed by atoms with E-state index in [1.165, 1.54) is 6.26 Å². The van der Waals surface area contributed by atoms with E-state index in [0.29, 0.717) is 17.1 Å². The zero-order valence-corrected chi connectivity index (χ0v) is 13.9. The lowest BCUT2D eigenvalue weighted by molar-refractivity contribution is 0.0330. The topological polar surface area (TPSA) is 71.7 Å². The Hall–Kier alpha value is -2.27. The van der Waals surface area contributed by atoms with E-state index >= 15 is 0 Å². The van der Waals surface area contributed by atoms with E-state index in [1.807, 2.05) is 20.8 Å². The van der Waals surface area contributed by atoms with Crippen LogP contribution in [0, 0.1) is 0 Å². The number of hydrogen-bond acceptors (Lipinski definition) is 4. The average Bonchev–Trinajstić information content (AvgIpc) is 2.99. The van der Waals surface area contributed by atoms with Gasteiger partial charge in [0, 0.05) is 5.56 Å². The quantitative estimate of drug-likeness (QED) is 0.889. The summed E-state index contributed by atoms with van der Waals surface area (Å²) < 4.78 is 10.9. The van der Waals surface area contributed by atoms with Gasteiger partial charge in [-0.15, -0.1) is 0 Å². The van der Waals surface area contributed by atoms with Crippen molar-refractivity contribution >= 4 is 5.91 Å². The van der Waals surface area contributed by atoms with Gasteiger partial charge in [-0.1, -0.05) is 0 Å². The van der Waals surface area contributed by atoms with Crippen LogP contribution in [0.4, 0.5) is 0 Å². The van der Waals surface area contributed by atoms with Gasteiger partial charge in [0.1, 0.15) is 22.7 Å². The molecule has 0 spiro atoms. The van der Waals surface area contributed by atoms with Crippen LogP contribution in [0.3, 0.4) is 0 Å². The van der Waals surface area contributed by atoms with E-state index in [1.54, 1.807) is 43.3 Å². The summed E-state index contributed by atoms with van der Waals surface area (Å²) in [6, 6.07) is 10.3. The van der Waals surface area contributed by atoms with E-state index in [2.05, 4.69) is 5.32 Å². The number of aliphatic hydroxyl groups is 1. The third-order valence-electron chi connectivity index (χ3n) is 3.19. The van der Waals surface area contributed by atoms with Gasteiger partial charge in [-0.05, 0) is 64.1 Å². The molecule has 1 aromatic carbocycles. The van der Waals surface area contributed by atoms with Gasteiger partial charge in [0.25, 0.3) is 5.91 Å². The molecular formula is C18H23NO4. The molecule has 124 valence electrons. The highest BCUT2D eigenvalue weighted by Gasteiger charge is 2.27. The van der Waals surface area contributed by atoms with E-state index in [9.17, 15) is 9.90 Å². The normalized spacial score (nSPS) is 14.1. The van der Waals surface area contributed by atoms with Crippen molar-refractivity contribution in [1.82, 2.24) is 5.32 Å². The number of ether oxygens (including phenoxy) is 1. The summed E-state index contributed by atoms with van der Waals surface area (Å²) in [4.78, 5) is 12.2. The van der Waals surface area contributed by atoms with Gasteiger partial charge < -0.3 is 19.6 Å². The fourth-order valence-corrected chi connectivity index (χ4v) is 2.05. The van der Waals surface area contributed by atoms with E-state index in [4.69, 9.17) is 9.15 Å². The molecule has 0 radical (unpaired) electrons. The zero-order chi connectivity index (χ0) is 17.1. The smallest absolute Gasteiger partial charge is 0.251 e. The molecule has 0 saturated heterocycles. The van der Waals surface area contributed by atoms with E-state index in [-0.39, 0.29) is 18.1 Å². The molecule has 1 aromatic heterocycles. The zero-order valence-electron chi connectivity index (χ0n) is 13.9. The second kappa shape index (κ2) is 6.46. The minimum atomic E-state index is -1.26. The molecule has 2 N–H and O–H groups in total. The highest BCUT2D eigenvalue weighted by atomic mass is 16.5. The van der Waals surface area contributed by atoms with Gasteiger partial charge in [0.15, 0.2) is 0 Å². The van der Waals surface area contributed by atoms with Crippen molar-refractivity contribution < 1.29 is 19.1 Å². The molecule has 1 heterocycles. The Bertz CT molecular complexity index is 637. The summed E-state index contributed by atoms with van der Waals surface area (Å²) >= 11 is 0. The van der Waals surface area contributed by atoms with Crippen LogP contribution in [0.2, 0.25) is 0 Å². The van der Waals surface area contributed by atoms with Gasteiger partial charge in [-0.3, -0.25) is 4.79 Å². The third kappa shape index (κ3) is 4.86. The number of furan rings is 1. The number of rotatable bonds is 5. The molecule has 5 nitrogen and oxygen atoms in total. The van der Waals surface area contributed by atoms with Crippen molar-refractivity contribution in [1.29, 1.82) is 0 Å². The number of nitrogens with one attached hydrogen (secondary N) is 1. The van der Waals surface area contributed by atoms with Crippen LogP contribution in [-0.4, -0.2) is 23.2 Å². The molecule has 2 rings (SSSR count). The largest absolute Gasteiger partial charge is 0.488 e. The summed E-state index contributed by atoms with van der Waals surface area (Å²) in [5, 5.41) is 13.0. The fraction of sp³-hybridized carbons (Fsp3) is 0.389. The maximum Gasteiger partial charge on any atom is 0.251 e. The van der Waals surface area contributed by atoms with Crippen LogP contribution in [0.5, 0.6) is 5.75 Å². The monoisotopic (exact) mass is 317 g/mol. The number of amides is 1. The Morgan fingerprint density at radius 2 is 1.83 bits per heavy atom. The van der Waals surface area contributed by atoms with Crippen LogP contribution in [0.15, 0.2) is 47.1 Å². The minimum absolute atomic E-state index is 0.0551. The third-order valence-corrected chi connectivity index (χ3v) is 3.19. The molecule has 1 amide bonds. The predicted octanol–water partition coefficient (Wildman–Crippen LogP) is 3.09. The van der Waals surface area contributed by atoms with Gasteiger partial charge >= 0.3 is 0 Å². The van der Waals surface area contributed by atoms with Crippen LogP contribution in [-0.2, 0) is 5.60 Å². The van der Waals surface area contributed by atoms with Crippen molar-refractivity contribution in [3.63, 3.8) is 0 Å². The Kier molecular flexibility index (Phi) is 4.80. The van der Waals surface area contributed by atoms with E-state index < -0.39 is 5.60 Å². The van der Waals surface area contributed by atoms with Gasteiger partial charge in [0.2, 0.25) is 0 Å². The first-order valence-corrected chi connectivity index (χ1v) is 7.51. The van der Waals surface area contributed by atoms with Crippen molar-refractivity contribution in [3.8, 4) is 5.75 Å². The highest BCUT2D eigenvalue weighted by molar-refractivity contribution is 5.94. The Morgan fingerprint density at radius 3 is 2.35 bits per heavy atom. The SMILES string of the molecule is CC(C)(C)Oc1ccc(C(=O)NCC(C)(O)c2ccco2)cc1. The standard InChI is InChI=1S/C18H23NO4/c1-17(2,3)23-14-9-7-13(8-10-14)16(20)19-12-18(4,21)15-6-5-11-22-15/h5-11,21H,12H2,1-4H3,(H,19,20). The Balaban J connectivity index is 1.96. The Morgan fingerprint density at radius 1 is 1.17 bits per heavy atom. The second-order valence-electron chi connectivity index (χ2n) is 6.67. The molecule has 0 saturated carbocycles. The summed E-state index contributed by atoms with van der Waals surface area (Å²) in [5.74, 6) is 0.850. The number of hydrogen-bond donors (Lipinski definition) is 2. The minimum Gasteiger partial charge on any atom is -0.488 e. The lowest BCUT2D eigenvalue weighted by Gasteiger charge is -2.22. The lowest BCUT2D eigenvalue weighted by atomic mass is 10.0. The number of benzene rings is 1. The molecule has 23 heavy (non-hydrogen) atoms. The number of carbonyl (C=O) groups is 1. The summed E-state index contributed by atoms with van der Waals surface area (Å²) in [5.41, 5.74) is -1.04. The lowest BCUT2D eigenvalue weighted by Crippen LogP contribution is -2.38. The van der Waals surface area contributed by atoms with Crippen molar-refractivity contribution in [3.05, 3.63) is 54.0 Å². The molecule has 1 atom stereocenters. The first kappa shape index (κ1) is 17.1. The molecular weight excluding hydrogens is 294 g/mol. The summed E-state index contributed by atoms with van der Waals surface area (Å²) in [7, 11) is 0. The van der Waals surface area contributed by atoms with Gasteiger partial charge in [-0.25, -0.2) is 0 Å². The highest BCUT2D eigenvalue weighted by Crippen LogP contribution is 2.21. The molecule has 2 aromatic rings. The molecule has 0 aliphatic rings. The second-order valence-corrected chi connectivity index (χ2v) is 6.67. The molecule has 0 aliphatic heterocycles. The molecule has 5 heteroatoms. The number of carbonyl (C=O) groups excluding carboxylic acids is 1. The van der Waals surface area contributed by atoms with Gasteiger partial charge in [0.05, 0.1) is 12.8 Å². The van der Waals surface area contributed by atoms with Crippen LogP contribution < -0.4 is 10.1 Å². The van der Waals surface area contributed by atoms with Crippen LogP contribution >= 0.6 is 0 Å². The predicted molar refractivity (Wildman–Crippen MR) is 87.4 cm³/mol. The average molecular weight is 317 g/mol. The van der Waals surface area contributed by atoms with Crippen molar-refractivity contribution in [2.45, 2.75) is 38.9 Å². The summed E-state index contributed by atoms with van der Waals surface area (Å²) in [6.45, 7) is 7.53. The van der Waals surface area contributed by atoms with Gasteiger partial charge in [-0.2, -0.15) is 0 Å². The molecule has 0 bridgehead atoms. The first-order chi connectivity index (χ1) is 10.7. The van der Waals surface area contributed by atoms with Crippen molar-refractivity contribution in [2.24, 2.45) is 0 Å². The molecule has 0 fully saturated rings. The first-order valence-electron chi connectivity index (χ1n) is 7.51. The molecule has 1 unspecified atom stereocenters. The fourth-order valence-electron chi connectivity index (χ4n) is 2.05. The van der Waals surface area contributed by atoms with E-state index in [0.717, 1.165) is 0 Å².